The van der Waals surface area contributed by atoms with Crippen LogP contribution < -0.4 is 22.5 Å². The van der Waals surface area contributed by atoms with Crippen molar-refractivity contribution in [1.29, 1.82) is 0 Å². The molecule has 8 N–H and O–H groups in total. The Labute approximate surface area is 146 Å². The van der Waals surface area contributed by atoms with Crippen molar-refractivity contribution in [3.63, 3.8) is 0 Å². The number of nitrogens with zero attached hydrogens (tertiary/aromatic N) is 1. The van der Waals surface area contributed by atoms with Crippen LogP contribution in [0.2, 0.25) is 0 Å². The number of rotatable bonds is 10. The van der Waals surface area contributed by atoms with E-state index >= 15 is 0 Å². The van der Waals surface area contributed by atoms with Crippen molar-refractivity contribution in [2.45, 2.75) is 56.7 Å². The first-order valence-corrected chi connectivity index (χ1v) is 8.35. The molecule has 0 aromatic heterocycles. The Morgan fingerprint density at radius 2 is 1.92 bits per heavy atom. The fraction of sp³-hybridized carbons (Fsp3) is 0.733. The minimum Gasteiger partial charge on any atom is -0.480 e. The number of primary amides is 1. The van der Waals surface area contributed by atoms with E-state index in [2.05, 4.69) is 5.32 Å². The summed E-state index contributed by atoms with van der Waals surface area (Å²) in [7, 11) is 0. The molecule has 1 aliphatic heterocycles. The predicted molar refractivity (Wildman–Crippen MR) is 89.0 cm³/mol. The third kappa shape index (κ3) is 6.31. The number of carboxylic acids is 1. The zero-order valence-electron chi connectivity index (χ0n) is 14.1. The van der Waals surface area contributed by atoms with E-state index in [1.54, 1.807) is 0 Å². The number of hydrogen-bond donors (Lipinski definition) is 5. The highest BCUT2D eigenvalue weighted by atomic mass is 16.4. The summed E-state index contributed by atoms with van der Waals surface area (Å²) in [6, 6.07) is -2.95. The standard InChI is InChI=1S/C15H27N5O5/c16-6-2-1-4-10(19-13(22)9(17)8-12(18)21)14(23)20-7-3-5-11(20)15(24)25/h9-11H,1-8,16-17H2,(H2,18,21)(H,19,22)(H,24,25)/t9-,10-,11+/m0/s1. The molecule has 0 saturated carbocycles. The van der Waals surface area contributed by atoms with Crippen molar-refractivity contribution < 1.29 is 24.3 Å². The zero-order chi connectivity index (χ0) is 19.0. The van der Waals surface area contributed by atoms with Crippen molar-refractivity contribution >= 4 is 23.7 Å². The molecule has 142 valence electrons. The molecule has 1 heterocycles. The maximum Gasteiger partial charge on any atom is 0.326 e. The molecule has 25 heavy (non-hydrogen) atoms. The molecular weight excluding hydrogens is 330 g/mol. The molecule has 3 atom stereocenters. The van der Waals surface area contributed by atoms with Gasteiger partial charge in [0.2, 0.25) is 17.7 Å². The molecule has 0 aliphatic carbocycles. The molecule has 10 heteroatoms. The minimum absolute atomic E-state index is 0.313. The van der Waals surface area contributed by atoms with E-state index in [4.69, 9.17) is 17.2 Å². The summed E-state index contributed by atoms with van der Waals surface area (Å²) in [5.41, 5.74) is 16.1. The van der Waals surface area contributed by atoms with Gasteiger partial charge in [-0.3, -0.25) is 14.4 Å². The molecule has 1 saturated heterocycles. The Hall–Kier alpha value is -2.20. The second-order valence-electron chi connectivity index (χ2n) is 6.15. The van der Waals surface area contributed by atoms with Gasteiger partial charge >= 0.3 is 5.97 Å². The van der Waals surface area contributed by atoms with Crippen molar-refractivity contribution in [3.8, 4) is 0 Å². The van der Waals surface area contributed by atoms with Crippen molar-refractivity contribution in [3.05, 3.63) is 0 Å². The normalized spacial score (nSPS) is 19.3. The average molecular weight is 357 g/mol. The smallest absolute Gasteiger partial charge is 0.326 e. The fourth-order valence-electron chi connectivity index (χ4n) is 2.83. The van der Waals surface area contributed by atoms with Crippen molar-refractivity contribution in [1.82, 2.24) is 10.2 Å². The number of amides is 3. The van der Waals surface area contributed by atoms with Crippen LogP contribution in [0.1, 0.15) is 38.5 Å². The van der Waals surface area contributed by atoms with E-state index in [0.29, 0.717) is 45.2 Å². The number of likely N-dealkylation sites (tertiary alicyclic amines) is 1. The SMILES string of the molecule is NCCCC[C@H](NC(=O)[C@@H](N)CC(N)=O)C(=O)N1CCC[C@@H]1C(=O)O. The number of unbranched alkanes of at least 4 members (excludes halogenated alkanes) is 1. The predicted octanol–water partition coefficient (Wildman–Crippen LogP) is -2.12. The maximum atomic E-state index is 12.7. The van der Waals surface area contributed by atoms with Crippen molar-refractivity contribution in [2.24, 2.45) is 17.2 Å². The molecule has 0 bridgehead atoms. The summed E-state index contributed by atoms with van der Waals surface area (Å²) >= 11 is 0. The lowest BCUT2D eigenvalue weighted by atomic mass is 10.1. The summed E-state index contributed by atoms with van der Waals surface area (Å²) in [5.74, 6) is -2.92. The van der Waals surface area contributed by atoms with Gasteiger partial charge in [-0.05, 0) is 38.6 Å². The van der Waals surface area contributed by atoms with Gasteiger partial charge in [0.25, 0.3) is 0 Å². The third-order valence-electron chi connectivity index (χ3n) is 4.14. The van der Waals surface area contributed by atoms with Crippen LogP contribution in [-0.2, 0) is 19.2 Å². The van der Waals surface area contributed by atoms with Crippen molar-refractivity contribution in [2.75, 3.05) is 13.1 Å². The topological polar surface area (TPSA) is 182 Å². The fourth-order valence-corrected chi connectivity index (χ4v) is 2.83. The van der Waals surface area contributed by atoms with Gasteiger partial charge in [-0.2, -0.15) is 0 Å². The first kappa shape index (κ1) is 20.8. The Morgan fingerprint density at radius 3 is 2.48 bits per heavy atom. The van der Waals surface area contributed by atoms with Gasteiger partial charge in [0.1, 0.15) is 12.1 Å². The first-order chi connectivity index (χ1) is 11.8. The Morgan fingerprint density at radius 1 is 1.24 bits per heavy atom. The van der Waals surface area contributed by atoms with E-state index in [1.165, 1.54) is 4.90 Å². The molecule has 1 rings (SSSR count). The highest BCUT2D eigenvalue weighted by molar-refractivity contribution is 5.93. The summed E-state index contributed by atoms with van der Waals surface area (Å²) < 4.78 is 0. The van der Waals surface area contributed by atoms with Gasteiger partial charge in [0.15, 0.2) is 0 Å². The quantitative estimate of drug-likeness (QED) is 0.277. The van der Waals surface area contributed by atoms with Gasteiger partial charge in [-0.15, -0.1) is 0 Å². The molecule has 0 spiro atoms. The van der Waals surface area contributed by atoms with Gasteiger partial charge in [0, 0.05) is 6.54 Å². The molecular formula is C15H27N5O5. The Balaban J connectivity index is 2.80. The largest absolute Gasteiger partial charge is 0.480 e. The lowest BCUT2D eigenvalue weighted by molar-refractivity contribution is -0.149. The molecule has 3 amide bonds. The average Bonchev–Trinajstić information content (AvgIpc) is 3.02. The second kappa shape index (κ2) is 9.94. The van der Waals surface area contributed by atoms with Crippen LogP contribution in [0.3, 0.4) is 0 Å². The van der Waals surface area contributed by atoms with E-state index in [9.17, 15) is 24.3 Å². The minimum atomic E-state index is -1.16. The van der Waals surface area contributed by atoms with Crippen LogP contribution in [0, 0.1) is 0 Å². The summed E-state index contributed by atoms with van der Waals surface area (Å²) in [4.78, 5) is 48.3. The molecule has 0 aromatic rings. The molecule has 0 unspecified atom stereocenters. The molecule has 0 aromatic carbocycles. The number of carbonyl (C=O) groups excluding carboxylic acids is 3. The van der Waals surface area contributed by atoms with E-state index in [1.807, 2.05) is 0 Å². The number of carbonyl (C=O) groups is 4. The van der Waals surface area contributed by atoms with Crippen LogP contribution in [0.4, 0.5) is 0 Å². The molecule has 10 nitrogen and oxygen atoms in total. The Bertz CT molecular complexity index is 513. The van der Waals surface area contributed by atoms with Crippen LogP contribution >= 0.6 is 0 Å². The number of carboxylic acid groups (broad SMARTS) is 1. The van der Waals surface area contributed by atoms with Crippen LogP contribution in [0.5, 0.6) is 0 Å². The summed E-state index contributed by atoms with van der Waals surface area (Å²) in [5, 5.41) is 11.7. The van der Waals surface area contributed by atoms with Crippen LogP contribution in [0.15, 0.2) is 0 Å². The lowest BCUT2D eigenvalue weighted by Gasteiger charge is -2.28. The molecule has 0 radical (unpaired) electrons. The summed E-state index contributed by atoms with van der Waals surface area (Å²) in [6.07, 6.45) is 2.20. The second-order valence-corrected chi connectivity index (χ2v) is 6.15. The van der Waals surface area contributed by atoms with Gasteiger partial charge in [-0.25, -0.2) is 4.79 Å². The number of aliphatic carboxylic acids is 1. The van der Waals surface area contributed by atoms with Crippen LogP contribution in [0.25, 0.3) is 0 Å². The monoisotopic (exact) mass is 357 g/mol. The molecule has 1 fully saturated rings. The van der Waals surface area contributed by atoms with Gasteiger partial charge in [-0.1, -0.05) is 0 Å². The molecule has 1 aliphatic rings. The zero-order valence-corrected chi connectivity index (χ0v) is 14.1. The highest BCUT2D eigenvalue weighted by Gasteiger charge is 2.37. The highest BCUT2D eigenvalue weighted by Crippen LogP contribution is 2.19. The lowest BCUT2D eigenvalue weighted by Crippen LogP contribution is -2.54. The number of hydrogen-bond acceptors (Lipinski definition) is 6. The maximum absolute atomic E-state index is 12.7. The summed E-state index contributed by atoms with van der Waals surface area (Å²) in [6.45, 7) is 0.768. The number of nitrogens with one attached hydrogen (secondary N) is 1. The van der Waals surface area contributed by atoms with E-state index in [-0.39, 0.29) is 6.42 Å². The van der Waals surface area contributed by atoms with Crippen LogP contribution in [-0.4, -0.2) is 64.9 Å². The van der Waals surface area contributed by atoms with E-state index in [0.717, 1.165) is 0 Å². The first-order valence-electron chi connectivity index (χ1n) is 8.35. The Kier molecular flexibility index (Phi) is 8.29. The third-order valence-corrected chi connectivity index (χ3v) is 4.14. The van der Waals surface area contributed by atoms with Gasteiger partial charge < -0.3 is 32.5 Å². The number of nitrogens with two attached hydrogens (primary N) is 3. The van der Waals surface area contributed by atoms with E-state index < -0.39 is 41.8 Å². The van der Waals surface area contributed by atoms with Gasteiger partial charge in [0.05, 0.1) is 12.5 Å².